The smallest absolute Gasteiger partial charge is 0.0863 e. The average molecular weight is 155 g/mol. The van der Waals surface area contributed by atoms with Gasteiger partial charge in [0.05, 0.1) is 5.60 Å². The number of hydrogen-bond acceptors (Lipinski definition) is 2. The van der Waals surface area contributed by atoms with Crippen molar-refractivity contribution >= 4 is 0 Å². The fraction of sp³-hybridized carbons (Fsp3) is 0.556. The lowest BCUT2D eigenvalue weighted by Crippen LogP contribution is -2.45. The molecule has 0 aliphatic heterocycles. The molecule has 0 bridgehead atoms. The molecular weight excluding hydrogens is 138 g/mol. The summed E-state index contributed by atoms with van der Waals surface area (Å²) < 4.78 is 0. The van der Waals surface area contributed by atoms with Crippen molar-refractivity contribution in [1.82, 2.24) is 0 Å². The molecule has 0 aliphatic rings. The minimum atomic E-state index is -0.858. The van der Waals surface area contributed by atoms with Crippen LogP contribution in [0, 0.1) is 0 Å². The van der Waals surface area contributed by atoms with E-state index in [1.807, 2.05) is 0 Å². The van der Waals surface area contributed by atoms with E-state index in [9.17, 15) is 5.11 Å². The molecule has 64 valence electrons. The maximum absolute atomic E-state index is 9.82. The van der Waals surface area contributed by atoms with Crippen molar-refractivity contribution in [3.63, 3.8) is 0 Å². The number of nitrogens with two attached hydrogens (primary N) is 1. The highest BCUT2D eigenvalue weighted by atomic mass is 16.3. The molecule has 0 radical (unpaired) electrons. The maximum atomic E-state index is 9.82. The fourth-order valence-electron chi connectivity index (χ4n) is 0.955. The summed E-state index contributed by atoms with van der Waals surface area (Å²) in [4.78, 5) is 0. The zero-order valence-corrected chi connectivity index (χ0v) is 7.09. The quantitative estimate of drug-likeness (QED) is 0.586. The lowest BCUT2D eigenvalue weighted by Gasteiger charge is -2.29. The Hall–Kier alpha value is -0.600. The molecule has 2 nitrogen and oxygen atoms in total. The fourth-order valence-corrected chi connectivity index (χ4v) is 0.955. The molecular formula is C9H17NO. The molecule has 0 rings (SSSR count). The Labute approximate surface area is 68.4 Å². The summed E-state index contributed by atoms with van der Waals surface area (Å²) in [5.74, 6) is 0. The van der Waals surface area contributed by atoms with Crippen molar-refractivity contribution in [1.29, 1.82) is 0 Å². The Morgan fingerprint density at radius 3 is 2.00 bits per heavy atom. The summed E-state index contributed by atoms with van der Waals surface area (Å²) in [6.45, 7) is 8.91. The van der Waals surface area contributed by atoms with Gasteiger partial charge in [-0.1, -0.05) is 12.2 Å². The van der Waals surface area contributed by atoms with Gasteiger partial charge in [0.2, 0.25) is 0 Å². The molecule has 0 heterocycles. The van der Waals surface area contributed by atoms with Gasteiger partial charge in [-0.25, -0.2) is 0 Å². The van der Waals surface area contributed by atoms with Gasteiger partial charge in [-0.05, 0) is 19.8 Å². The summed E-state index contributed by atoms with van der Waals surface area (Å²) in [5, 5.41) is 9.82. The van der Waals surface area contributed by atoms with Crippen LogP contribution in [-0.4, -0.2) is 16.7 Å². The Morgan fingerprint density at radius 2 is 1.82 bits per heavy atom. The van der Waals surface area contributed by atoms with E-state index in [0.717, 1.165) is 0 Å². The lowest BCUT2D eigenvalue weighted by molar-refractivity contribution is 0.0253. The van der Waals surface area contributed by atoms with Crippen LogP contribution in [0.4, 0.5) is 0 Å². The molecule has 0 aliphatic carbocycles. The van der Waals surface area contributed by atoms with Crippen molar-refractivity contribution in [2.75, 3.05) is 0 Å². The molecule has 0 aromatic heterocycles. The normalized spacial score (nSPS) is 14.1. The van der Waals surface area contributed by atoms with Crippen LogP contribution >= 0.6 is 0 Å². The summed E-state index contributed by atoms with van der Waals surface area (Å²) >= 11 is 0. The van der Waals surface area contributed by atoms with Crippen molar-refractivity contribution in [2.45, 2.75) is 31.4 Å². The molecule has 11 heavy (non-hydrogen) atoms. The monoisotopic (exact) mass is 155 g/mol. The van der Waals surface area contributed by atoms with Gasteiger partial charge < -0.3 is 10.8 Å². The number of hydrogen-bond donors (Lipinski definition) is 2. The Kier molecular flexibility index (Phi) is 4.08. The lowest BCUT2D eigenvalue weighted by atomic mass is 9.89. The van der Waals surface area contributed by atoms with Crippen molar-refractivity contribution in [2.24, 2.45) is 5.73 Å². The van der Waals surface area contributed by atoms with Crippen molar-refractivity contribution < 1.29 is 5.11 Å². The molecule has 0 saturated heterocycles. The topological polar surface area (TPSA) is 46.2 Å². The molecule has 1 atom stereocenters. The molecule has 0 aromatic rings. The van der Waals surface area contributed by atoms with E-state index < -0.39 is 5.60 Å². The molecule has 0 fully saturated rings. The van der Waals surface area contributed by atoms with Crippen molar-refractivity contribution in [3.05, 3.63) is 25.3 Å². The van der Waals surface area contributed by atoms with Gasteiger partial charge in [-0.2, -0.15) is 0 Å². The average Bonchev–Trinajstić information content (AvgIpc) is 1.88. The van der Waals surface area contributed by atoms with Crippen LogP contribution in [0.1, 0.15) is 19.8 Å². The van der Waals surface area contributed by atoms with E-state index in [0.29, 0.717) is 12.8 Å². The van der Waals surface area contributed by atoms with Gasteiger partial charge in [0.15, 0.2) is 0 Å². The number of rotatable bonds is 5. The van der Waals surface area contributed by atoms with Crippen LogP contribution in [0.5, 0.6) is 0 Å². The van der Waals surface area contributed by atoms with Crippen LogP contribution in [0.3, 0.4) is 0 Å². The first-order valence-corrected chi connectivity index (χ1v) is 3.76. The Morgan fingerprint density at radius 1 is 1.45 bits per heavy atom. The van der Waals surface area contributed by atoms with E-state index in [4.69, 9.17) is 5.73 Å². The summed E-state index contributed by atoms with van der Waals surface area (Å²) in [5.41, 5.74) is 4.74. The first kappa shape index (κ1) is 10.4. The van der Waals surface area contributed by atoms with E-state index in [-0.39, 0.29) is 6.04 Å². The molecule has 0 amide bonds. The Balaban J connectivity index is 4.23. The SMILES string of the molecule is C=CCC(O)(CC=C)[C@H](C)N. The van der Waals surface area contributed by atoms with Crippen LogP contribution < -0.4 is 5.73 Å². The first-order valence-electron chi connectivity index (χ1n) is 3.76. The van der Waals surface area contributed by atoms with E-state index in [2.05, 4.69) is 13.2 Å². The molecule has 0 unspecified atom stereocenters. The molecule has 3 N–H and O–H groups in total. The van der Waals surface area contributed by atoms with Crippen LogP contribution in [0.15, 0.2) is 25.3 Å². The van der Waals surface area contributed by atoms with E-state index in [1.54, 1.807) is 19.1 Å². The van der Waals surface area contributed by atoms with Gasteiger partial charge in [-0.3, -0.25) is 0 Å². The van der Waals surface area contributed by atoms with Gasteiger partial charge in [0, 0.05) is 6.04 Å². The van der Waals surface area contributed by atoms with Gasteiger partial charge >= 0.3 is 0 Å². The summed E-state index contributed by atoms with van der Waals surface area (Å²) in [7, 11) is 0. The van der Waals surface area contributed by atoms with Crippen LogP contribution in [0.2, 0.25) is 0 Å². The second-order valence-corrected chi connectivity index (χ2v) is 2.88. The minimum Gasteiger partial charge on any atom is -0.388 e. The molecule has 2 heteroatoms. The zero-order valence-electron chi connectivity index (χ0n) is 7.09. The van der Waals surface area contributed by atoms with Crippen molar-refractivity contribution in [3.8, 4) is 0 Å². The third-order valence-electron chi connectivity index (χ3n) is 1.84. The third kappa shape index (κ3) is 2.87. The predicted molar refractivity (Wildman–Crippen MR) is 48.2 cm³/mol. The third-order valence-corrected chi connectivity index (χ3v) is 1.84. The Bertz CT molecular complexity index is 130. The predicted octanol–water partition coefficient (Wildman–Crippen LogP) is 1.22. The largest absolute Gasteiger partial charge is 0.388 e. The maximum Gasteiger partial charge on any atom is 0.0863 e. The highest BCUT2D eigenvalue weighted by Gasteiger charge is 2.27. The van der Waals surface area contributed by atoms with Gasteiger partial charge in [-0.15, -0.1) is 13.2 Å². The highest BCUT2D eigenvalue weighted by molar-refractivity contribution is 4.96. The van der Waals surface area contributed by atoms with Crippen LogP contribution in [-0.2, 0) is 0 Å². The van der Waals surface area contributed by atoms with Gasteiger partial charge in [0.1, 0.15) is 0 Å². The van der Waals surface area contributed by atoms with E-state index >= 15 is 0 Å². The highest BCUT2D eigenvalue weighted by Crippen LogP contribution is 2.19. The first-order chi connectivity index (χ1) is 5.06. The second kappa shape index (κ2) is 4.31. The zero-order chi connectivity index (χ0) is 8.91. The molecule has 0 saturated carbocycles. The second-order valence-electron chi connectivity index (χ2n) is 2.88. The van der Waals surface area contributed by atoms with Gasteiger partial charge in [0.25, 0.3) is 0 Å². The summed E-state index contributed by atoms with van der Waals surface area (Å²) in [6.07, 6.45) is 4.37. The summed E-state index contributed by atoms with van der Waals surface area (Å²) in [6, 6.07) is -0.251. The standard InChI is InChI=1S/C9H17NO/c1-4-6-9(11,7-5-2)8(3)10/h4-5,8,11H,1-2,6-7,10H2,3H3/t8-/m0/s1. The molecule has 0 aromatic carbocycles. The number of aliphatic hydroxyl groups is 1. The molecule has 0 spiro atoms. The van der Waals surface area contributed by atoms with Crippen LogP contribution in [0.25, 0.3) is 0 Å². The minimum absolute atomic E-state index is 0.251. The van der Waals surface area contributed by atoms with E-state index in [1.165, 1.54) is 0 Å².